The first kappa shape index (κ1) is 17.5. The van der Waals surface area contributed by atoms with Crippen LogP contribution < -0.4 is 5.32 Å². The zero-order valence-corrected chi connectivity index (χ0v) is 13.2. The van der Waals surface area contributed by atoms with E-state index in [2.05, 4.69) is 35.6 Å². The Balaban J connectivity index is 0.00000220. The van der Waals surface area contributed by atoms with Crippen molar-refractivity contribution in [3.8, 4) is 0 Å². The van der Waals surface area contributed by atoms with Crippen molar-refractivity contribution >= 4 is 29.1 Å². The van der Waals surface area contributed by atoms with Crippen molar-refractivity contribution in [2.75, 3.05) is 0 Å². The maximum atomic E-state index is 11.2. The Hall–Kier alpha value is -1.58. The Morgan fingerprint density at radius 2 is 1.86 bits per heavy atom. The Morgan fingerprint density at radius 3 is 2.48 bits per heavy atom. The van der Waals surface area contributed by atoms with Crippen LogP contribution in [0.5, 0.6) is 0 Å². The Labute approximate surface area is 131 Å². The minimum absolute atomic E-state index is 0. The molecule has 0 heterocycles. The number of carboxylic acids is 1. The van der Waals surface area contributed by atoms with Gasteiger partial charge in [0.15, 0.2) is 0 Å². The molecule has 0 aliphatic heterocycles. The summed E-state index contributed by atoms with van der Waals surface area (Å²) in [5.41, 5.74) is 1.12. The maximum Gasteiger partial charge on any atom is 0.320 e. The fourth-order valence-electron chi connectivity index (χ4n) is 2.44. The zero-order chi connectivity index (χ0) is 14.5. The minimum atomic E-state index is -0.778. The van der Waals surface area contributed by atoms with Gasteiger partial charge in [-0.05, 0) is 35.7 Å². The highest BCUT2D eigenvalue weighted by Gasteiger charge is 2.19. The Bertz CT molecular complexity index is 600. The third-order valence-corrected chi connectivity index (χ3v) is 3.60. The summed E-state index contributed by atoms with van der Waals surface area (Å²) in [4.78, 5) is 11.2. The second kappa shape index (κ2) is 8.01. The first-order valence-electron chi connectivity index (χ1n) is 7.09. The van der Waals surface area contributed by atoms with Crippen molar-refractivity contribution in [2.45, 2.75) is 38.8 Å². The van der Waals surface area contributed by atoms with E-state index >= 15 is 0 Å². The zero-order valence-electron chi connectivity index (χ0n) is 12.4. The largest absolute Gasteiger partial charge is 0.480 e. The molecular weight excluding hydrogens is 286 g/mol. The predicted molar refractivity (Wildman–Crippen MR) is 89.1 cm³/mol. The van der Waals surface area contributed by atoms with Crippen molar-refractivity contribution in [3.63, 3.8) is 0 Å². The second-order valence-electron chi connectivity index (χ2n) is 5.17. The monoisotopic (exact) mass is 307 g/mol. The lowest BCUT2D eigenvalue weighted by Crippen LogP contribution is -2.38. The fraction of sp³-hybridized carbons (Fsp3) is 0.353. The molecule has 0 bridgehead atoms. The van der Waals surface area contributed by atoms with Crippen LogP contribution in [0.15, 0.2) is 42.5 Å². The number of benzene rings is 2. The molecule has 0 spiro atoms. The van der Waals surface area contributed by atoms with E-state index in [9.17, 15) is 9.90 Å². The molecule has 0 aromatic heterocycles. The van der Waals surface area contributed by atoms with Gasteiger partial charge in [0.25, 0.3) is 0 Å². The van der Waals surface area contributed by atoms with Gasteiger partial charge in [-0.25, -0.2) is 0 Å². The average molecular weight is 308 g/mol. The van der Waals surface area contributed by atoms with Crippen LogP contribution in [-0.2, 0) is 4.79 Å². The molecular formula is C17H22ClNO2. The molecule has 2 rings (SSSR count). The maximum absolute atomic E-state index is 11.2. The van der Waals surface area contributed by atoms with Crippen LogP contribution in [0, 0.1) is 0 Å². The number of carbonyl (C=O) groups is 1. The lowest BCUT2D eigenvalue weighted by molar-refractivity contribution is -0.139. The quantitative estimate of drug-likeness (QED) is 0.842. The van der Waals surface area contributed by atoms with E-state index in [1.807, 2.05) is 26.0 Å². The van der Waals surface area contributed by atoms with Crippen molar-refractivity contribution in [3.05, 3.63) is 48.0 Å². The number of aliphatic carboxylic acids is 1. The molecule has 4 heteroatoms. The standard InChI is InChI=1S/C17H21NO2.ClH/c1-3-6-16(17(19)20)18-12(2)14-10-9-13-7-4-5-8-15(13)11-14;/h4-5,7-12,16,18H,3,6H2,1-2H3,(H,19,20);1H. The van der Waals surface area contributed by atoms with Gasteiger partial charge < -0.3 is 5.11 Å². The summed E-state index contributed by atoms with van der Waals surface area (Å²) in [5.74, 6) is -0.778. The number of hydrogen-bond acceptors (Lipinski definition) is 2. The predicted octanol–water partition coefficient (Wildman–Crippen LogP) is 4.17. The van der Waals surface area contributed by atoms with E-state index in [1.165, 1.54) is 10.8 Å². The highest BCUT2D eigenvalue weighted by Crippen LogP contribution is 2.21. The number of hydrogen-bond donors (Lipinski definition) is 2. The molecule has 114 valence electrons. The van der Waals surface area contributed by atoms with E-state index in [0.717, 1.165) is 12.0 Å². The van der Waals surface area contributed by atoms with E-state index in [0.29, 0.717) is 6.42 Å². The van der Waals surface area contributed by atoms with E-state index in [-0.39, 0.29) is 18.4 Å². The van der Waals surface area contributed by atoms with Crippen molar-refractivity contribution in [1.82, 2.24) is 5.32 Å². The first-order chi connectivity index (χ1) is 9.61. The van der Waals surface area contributed by atoms with Gasteiger partial charge >= 0.3 is 5.97 Å². The summed E-state index contributed by atoms with van der Waals surface area (Å²) in [5, 5.41) is 14.8. The molecule has 0 aliphatic rings. The molecule has 0 amide bonds. The van der Waals surface area contributed by atoms with Crippen LogP contribution in [0.2, 0.25) is 0 Å². The second-order valence-corrected chi connectivity index (χ2v) is 5.17. The number of rotatable bonds is 6. The molecule has 3 nitrogen and oxygen atoms in total. The van der Waals surface area contributed by atoms with Gasteiger partial charge in [0, 0.05) is 6.04 Å². The van der Waals surface area contributed by atoms with Crippen LogP contribution in [0.1, 0.15) is 38.3 Å². The normalized spacial score (nSPS) is 13.4. The summed E-state index contributed by atoms with van der Waals surface area (Å²) < 4.78 is 0. The van der Waals surface area contributed by atoms with Gasteiger partial charge in [-0.3, -0.25) is 10.1 Å². The van der Waals surface area contributed by atoms with Crippen LogP contribution in [0.4, 0.5) is 0 Å². The summed E-state index contributed by atoms with van der Waals surface area (Å²) in [6, 6.07) is 14.0. The van der Waals surface area contributed by atoms with Gasteiger partial charge in [0.1, 0.15) is 6.04 Å². The van der Waals surface area contributed by atoms with E-state index in [4.69, 9.17) is 0 Å². The molecule has 0 aliphatic carbocycles. The minimum Gasteiger partial charge on any atom is -0.480 e. The van der Waals surface area contributed by atoms with Crippen molar-refractivity contribution in [1.29, 1.82) is 0 Å². The summed E-state index contributed by atoms with van der Waals surface area (Å²) >= 11 is 0. The summed E-state index contributed by atoms with van der Waals surface area (Å²) in [6.07, 6.45) is 1.50. The van der Waals surface area contributed by atoms with E-state index < -0.39 is 12.0 Å². The third kappa shape index (κ3) is 4.45. The molecule has 0 saturated carbocycles. The smallest absolute Gasteiger partial charge is 0.320 e. The van der Waals surface area contributed by atoms with Gasteiger partial charge in [0.05, 0.1) is 0 Å². The highest BCUT2D eigenvalue weighted by molar-refractivity contribution is 5.85. The number of nitrogens with one attached hydrogen (secondary N) is 1. The molecule has 0 radical (unpaired) electrons. The SMILES string of the molecule is CCCC(NC(C)c1ccc2ccccc2c1)C(=O)O.Cl. The lowest BCUT2D eigenvalue weighted by atomic mass is 10.0. The molecule has 2 unspecified atom stereocenters. The van der Waals surface area contributed by atoms with E-state index in [1.54, 1.807) is 0 Å². The first-order valence-corrected chi connectivity index (χ1v) is 7.09. The van der Waals surface area contributed by atoms with Gasteiger partial charge in [0.2, 0.25) is 0 Å². The van der Waals surface area contributed by atoms with Crippen LogP contribution in [0.3, 0.4) is 0 Å². The fourth-order valence-corrected chi connectivity index (χ4v) is 2.44. The van der Waals surface area contributed by atoms with Gasteiger partial charge in [-0.2, -0.15) is 0 Å². The third-order valence-electron chi connectivity index (χ3n) is 3.60. The molecule has 2 N–H and O–H groups in total. The molecule has 2 aromatic carbocycles. The topological polar surface area (TPSA) is 49.3 Å². The summed E-state index contributed by atoms with van der Waals surface area (Å²) in [7, 11) is 0. The highest BCUT2D eigenvalue weighted by atomic mass is 35.5. The molecule has 21 heavy (non-hydrogen) atoms. The Morgan fingerprint density at radius 1 is 1.19 bits per heavy atom. The average Bonchev–Trinajstić information content (AvgIpc) is 2.46. The van der Waals surface area contributed by atoms with Crippen LogP contribution >= 0.6 is 12.4 Å². The van der Waals surface area contributed by atoms with Crippen LogP contribution in [0.25, 0.3) is 10.8 Å². The number of halogens is 1. The number of fused-ring (bicyclic) bond motifs is 1. The Kier molecular flexibility index (Phi) is 6.66. The lowest BCUT2D eigenvalue weighted by Gasteiger charge is -2.20. The van der Waals surface area contributed by atoms with Crippen molar-refractivity contribution < 1.29 is 9.90 Å². The van der Waals surface area contributed by atoms with Crippen LogP contribution in [-0.4, -0.2) is 17.1 Å². The summed E-state index contributed by atoms with van der Waals surface area (Å²) in [6.45, 7) is 4.01. The molecule has 2 aromatic rings. The number of carboxylic acid groups (broad SMARTS) is 1. The molecule has 2 atom stereocenters. The van der Waals surface area contributed by atoms with Crippen molar-refractivity contribution in [2.24, 2.45) is 0 Å². The molecule has 0 saturated heterocycles. The molecule has 0 fully saturated rings. The van der Waals surface area contributed by atoms with Gasteiger partial charge in [-0.15, -0.1) is 12.4 Å². The van der Waals surface area contributed by atoms with Gasteiger partial charge in [-0.1, -0.05) is 49.7 Å².